The first kappa shape index (κ1) is 15.1. The van der Waals surface area contributed by atoms with Crippen LogP contribution in [-0.4, -0.2) is 10.8 Å². The van der Waals surface area contributed by atoms with Gasteiger partial charge in [0.15, 0.2) is 5.13 Å². The molecule has 5 rings (SSSR count). The minimum Gasteiger partial charge on any atom is -0.375 e. The fourth-order valence-corrected chi connectivity index (χ4v) is 7.52. The number of nitrogens with zero attached hydrogens (tertiary/aromatic N) is 1. The van der Waals surface area contributed by atoms with Gasteiger partial charge in [-0.05, 0) is 67.3 Å². The van der Waals surface area contributed by atoms with Crippen LogP contribution in [0.4, 0.5) is 5.13 Å². The molecule has 2 fully saturated rings. The van der Waals surface area contributed by atoms with E-state index in [-0.39, 0.29) is 10.8 Å². The lowest BCUT2D eigenvalue weighted by Crippen LogP contribution is -2.49. The third-order valence-corrected chi connectivity index (χ3v) is 8.96. The third-order valence-electron chi connectivity index (χ3n) is 8.01. The fraction of sp³-hybridized carbons (Fsp3) is 0.700. The van der Waals surface area contributed by atoms with E-state index in [1.807, 2.05) is 0 Å². The zero-order chi connectivity index (χ0) is 16.7. The number of ketones is 1. The molecule has 0 spiro atoms. The van der Waals surface area contributed by atoms with Crippen LogP contribution in [0.2, 0.25) is 0 Å². The van der Waals surface area contributed by atoms with Crippen LogP contribution in [0.5, 0.6) is 0 Å². The number of Topliss-reactive ketones (excluding diaryl/α,β-unsaturated/α-hetero) is 1. The monoisotopic (exact) mass is 342 g/mol. The summed E-state index contributed by atoms with van der Waals surface area (Å²) in [6.07, 6.45) is 10.1. The van der Waals surface area contributed by atoms with Crippen molar-refractivity contribution >= 4 is 27.8 Å². The molecule has 0 amide bonds. The van der Waals surface area contributed by atoms with Crippen molar-refractivity contribution in [3.05, 3.63) is 16.6 Å². The first-order valence-corrected chi connectivity index (χ1v) is 10.2. The summed E-state index contributed by atoms with van der Waals surface area (Å²) in [6.45, 7) is 4.72. The largest absolute Gasteiger partial charge is 0.375 e. The first-order chi connectivity index (χ1) is 11.4. The van der Waals surface area contributed by atoms with Crippen molar-refractivity contribution < 1.29 is 4.79 Å². The first-order valence-electron chi connectivity index (χ1n) is 9.43. The Bertz CT molecular complexity index is 766. The van der Waals surface area contributed by atoms with Gasteiger partial charge in [-0.15, -0.1) is 11.3 Å². The van der Waals surface area contributed by atoms with Gasteiger partial charge >= 0.3 is 0 Å². The molecule has 0 radical (unpaired) electrons. The number of anilines is 1. The van der Waals surface area contributed by atoms with E-state index in [0.29, 0.717) is 28.7 Å². The number of aromatic nitrogens is 1. The van der Waals surface area contributed by atoms with Gasteiger partial charge in [-0.25, -0.2) is 4.98 Å². The summed E-state index contributed by atoms with van der Waals surface area (Å²) < 4.78 is 0. The van der Waals surface area contributed by atoms with Crippen molar-refractivity contribution in [2.75, 3.05) is 5.73 Å². The topological polar surface area (TPSA) is 56.0 Å². The molecule has 2 saturated carbocycles. The van der Waals surface area contributed by atoms with Gasteiger partial charge in [-0.1, -0.05) is 19.9 Å². The van der Waals surface area contributed by atoms with Gasteiger partial charge in [0.25, 0.3) is 0 Å². The fourth-order valence-electron chi connectivity index (χ4n) is 6.68. The lowest BCUT2D eigenvalue weighted by atomic mass is 9.48. The highest BCUT2D eigenvalue weighted by Crippen LogP contribution is 2.65. The van der Waals surface area contributed by atoms with E-state index in [0.717, 1.165) is 32.1 Å². The van der Waals surface area contributed by atoms with E-state index in [2.05, 4.69) is 24.9 Å². The lowest BCUT2D eigenvalue weighted by Gasteiger charge is -2.55. The molecule has 0 bridgehead atoms. The molecule has 0 aromatic carbocycles. The molecule has 0 unspecified atom stereocenters. The van der Waals surface area contributed by atoms with E-state index in [4.69, 9.17) is 5.73 Å². The molecule has 24 heavy (non-hydrogen) atoms. The number of carbonyl (C=O) groups excluding carboxylic acids is 1. The van der Waals surface area contributed by atoms with Crippen molar-refractivity contribution in [3.8, 4) is 0 Å². The number of allylic oxidation sites excluding steroid dienone is 2. The lowest BCUT2D eigenvalue weighted by molar-refractivity contribution is -0.131. The summed E-state index contributed by atoms with van der Waals surface area (Å²) in [7, 11) is 0. The Balaban J connectivity index is 1.58. The summed E-state index contributed by atoms with van der Waals surface area (Å²) in [5.74, 6) is 2.52. The Morgan fingerprint density at radius 3 is 2.79 bits per heavy atom. The van der Waals surface area contributed by atoms with E-state index < -0.39 is 0 Å². The average molecular weight is 343 g/mol. The molecule has 1 aromatic heterocycles. The van der Waals surface area contributed by atoms with Gasteiger partial charge in [0.2, 0.25) is 0 Å². The predicted molar refractivity (Wildman–Crippen MR) is 97.6 cm³/mol. The SMILES string of the molecule is C[C@]12CCc3sc(N)nc3C1=CC[C@@H]1[C@@H]2CC[C@]2(C)C(=O)CC[C@@H]12. The molecule has 0 aliphatic heterocycles. The second-order valence-corrected chi connectivity index (χ2v) is 10.0. The van der Waals surface area contributed by atoms with Crippen LogP contribution in [0.3, 0.4) is 0 Å². The summed E-state index contributed by atoms with van der Waals surface area (Å²) in [5.41, 5.74) is 8.85. The molecule has 2 N–H and O–H groups in total. The molecule has 4 heteroatoms. The highest BCUT2D eigenvalue weighted by Gasteiger charge is 2.58. The summed E-state index contributed by atoms with van der Waals surface area (Å²) >= 11 is 1.67. The molecule has 3 nitrogen and oxygen atoms in total. The quantitative estimate of drug-likeness (QED) is 0.756. The van der Waals surface area contributed by atoms with Crippen LogP contribution in [-0.2, 0) is 11.2 Å². The predicted octanol–water partition coefficient (Wildman–Crippen LogP) is 4.48. The summed E-state index contributed by atoms with van der Waals surface area (Å²) in [6, 6.07) is 0. The number of nitrogen functional groups attached to an aromatic ring is 1. The van der Waals surface area contributed by atoms with E-state index in [9.17, 15) is 4.79 Å². The van der Waals surface area contributed by atoms with E-state index >= 15 is 0 Å². The highest BCUT2D eigenvalue weighted by atomic mass is 32.1. The van der Waals surface area contributed by atoms with Gasteiger partial charge in [0.05, 0.1) is 5.69 Å². The van der Waals surface area contributed by atoms with E-state index in [1.165, 1.54) is 29.0 Å². The standard InChI is InChI=1S/C20H26N2OS/c1-19-10-8-15-17(22-18(21)24-15)14(19)4-3-11-12-5-6-16(23)20(12,2)9-7-13(11)19/h4,11-13H,3,5-10H2,1-2H3,(H2,21,22)/t11-,12-,13-,19+,20-/m0/s1. The van der Waals surface area contributed by atoms with Crippen LogP contribution in [0.15, 0.2) is 6.08 Å². The molecule has 5 atom stereocenters. The Morgan fingerprint density at radius 1 is 1.17 bits per heavy atom. The maximum Gasteiger partial charge on any atom is 0.180 e. The van der Waals surface area contributed by atoms with Crippen molar-refractivity contribution in [2.24, 2.45) is 28.6 Å². The number of carbonyl (C=O) groups is 1. The molecule has 1 heterocycles. The summed E-state index contributed by atoms with van der Waals surface area (Å²) in [5, 5.41) is 0.713. The maximum atomic E-state index is 12.5. The number of hydrogen-bond donors (Lipinski definition) is 1. The van der Waals surface area contributed by atoms with Crippen molar-refractivity contribution in [1.29, 1.82) is 0 Å². The highest BCUT2D eigenvalue weighted by molar-refractivity contribution is 7.15. The zero-order valence-corrected chi connectivity index (χ0v) is 15.4. The van der Waals surface area contributed by atoms with Gasteiger partial charge in [0.1, 0.15) is 5.78 Å². The molecule has 4 aliphatic carbocycles. The maximum absolute atomic E-state index is 12.5. The zero-order valence-electron chi connectivity index (χ0n) is 14.6. The van der Waals surface area contributed by atoms with Gasteiger partial charge in [0, 0.05) is 16.7 Å². The Kier molecular flexibility index (Phi) is 2.97. The number of fused-ring (bicyclic) bond motifs is 7. The second kappa shape index (κ2) is 4.72. The smallest absolute Gasteiger partial charge is 0.180 e. The van der Waals surface area contributed by atoms with Gasteiger partial charge in [-0.2, -0.15) is 0 Å². The minimum atomic E-state index is -0.0340. The van der Waals surface area contributed by atoms with Gasteiger partial charge < -0.3 is 5.73 Å². The van der Waals surface area contributed by atoms with Crippen LogP contribution in [0.1, 0.15) is 62.9 Å². The van der Waals surface area contributed by atoms with Crippen LogP contribution >= 0.6 is 11.3 Å². The molecule has 4 aliphatic rings. The van der Waals surface area contributed by atoms with Crippen molar-refractivity contribution in [2.45, 2.75) is 58.8 Å². The number of rotatable bonds is 0. The van der Waals surface area contributed by atoms with Crippen LogP contribution in [0.25, 0.3) is 5.57 Å². The molecule has 128 valence electrons. The number of nitrogens with two attached hydrogens (primary N) is 1. The van der Waals surface area contributed by atoms with Gasteiger partial charge in [-0.3, -0.25) is 4.79 Å². The average Bonchev–Trinajstić information content (AvgIpc) is 3.06. The Hall–Kier alpha value is -1.16. The molecular formula is C20H26N2OS. The second-order valence-electron chi connectivity index (χ2n) is 8.89. The molecular weight excluding hydrogens is 316 g/mol. The van der Waals surface area contributed by atoms with Crippen molar-refractivity contribution in [1.82, 2.24) is 4.98 Å². The Morgan fingerprint density at radius 2 is 1.96 bits per heavy atom. The van der Waals surface area contributed by atoms with Crippen molar-refractivity contribution in [3.63, 3.8) is 0 Å². The van der Waals surface area contributed by atoms with Crippen LogP contribution < -0.4 is 5.73 Å². The van der Waals surface area contributed by atoms with E-state index in [1.54, 1.807) is 11.3 Å². The molecule has 0 saturated heterocycles. The Labute approximate surface area is 147 Å². The third kappa shape index (κ3) is 1.73. The summed E-state index contributed by atoms with van der Waals surface area (Å²) in [4.78, 5) is 18.6. The number of hydrogen-bond acceptors (Lipinski definition) is 4. The number of aryl methyl sites for hydroxylation is 1. The number of thiazole rings is 1. The normalized spacial score (nSPS) is 43.5. The van der Waals surface area contributed by atoms with Crippen LogP contribution in [0, 0.1) is 28.6 Å². The molecule has 1 aromatic rings. The minimum absolute atomic E-state index is 0.0340.